The Morgan fingerprint density at radius 2 is 2.11 bits per heavy atom. The molecule has 1 saturated heterocycles. The quantitative estimate of drug-likeness (QED) is 0.851. The van der Waals surface area contributed by atoms with E-state index < -0.39 is 0 Å². The molecule has 0 aromatic carbocycles. The minimum Gasteiger partial charge on any atom is -0.376 e. The van der Waals surface area contributed by atoms with E-state index in [4.69, 9.17) is 4.74 Å². The highest BCUT2D eigenvalue weighted by molar-refractivity contribution is 4.97. The van der Waals surface area contributed by atoms with Crippen LogP contribution in [0.2, 0.25) is 0 Å². The molecule has 19 heavy (non-hydrogen) atoms. The van der Waals surface area contributed by atoms with Gasteiger partial charge in [0.25, 0.3) is 0 Å². The molecule has 0 amide bonds. The second-order valence-electron chi connectivity index (χ2n) is 7.27. The molecule has 0 aromatic heterocycles. The predicted molar refractivity (Wildman–Crippen MR) is 80.5 cm³/mol. The van der Waals surface area contributed by atoms with Crippen molar-refractivity contribution in [3.8, 4) is 0 Å². The summed E-state index contributed by atoms with van der Waals surface area (Å²) in [6.45, 7) is 11.4. The smallest absolute Gasteiger partial charge is 0.0674 e. The third kappa shape index (κ3) is 3.50. The van der Waals surface area contributed by atoms with Gasteiger partial charge in [0, 0.05) is 24.7 Å². The van der Waals surface area contributed by atoms with Gasteiger partial charge in [-0.2, -0.15) is 0 Å². The summed E-state index contributed by atoms with van der Waals surface area (Å²) in [5, 5.41) is 3.57. The number of likely N-dealkylation sites (N-methyl/N-ethyl adjacent to an activating group) is 1. The van der Waals surface area contributed by atoms with Gasteiger partial charge in [-0.3, -0.25) is 4.90 Å². The van der Waals surface area contributed by atoms with Crippen LogP contribution in [0.15, 0.2) is 0 Å². The van der Waals surface area contributed by atoms with Crippen LogP contribution in [-0.2, 0) is 4.74 Å². The Hall–Kier alpha value is -0.120. The molecule has 3 heteroatoms. The van der Waals surface area contributed by atoms with Gasteiger partial charge in [-0.15, -0.1) is 0 Å². The normalized spacial score (nSPS) is 40.3. The van der Waals surface area contributed by atoms with Crippen LogP contribution >= 0.6 is 0 Å². The van der Waals surface area contributed by atoms with Crippen molar-refractivity contribution in [3.05, 3.63) is 0 Å². The van der Waals surface area contributed by atoms with Crippen LogP contribution in [0.5, 0.6) is 0 Å². The third-order valence-corrected chi connectivity index (χ3v) is 5.14. The topological polar surface area (TPSA) is 24.5 Å². The van der Waals surface area contributed by atoms with Gasteiger partial charge in [0.15, 0.2) is 0 Å². The van der Waals surface area contributed by atoms with Gasteiger partial charge in [0.2, 0.25) is 0 Å². The van der Waals surface area contributed by atoms with Gasteiger partial charge in [-0.1, -0.05) is 20.8 Å². The number of ether oxygens (including phenoxy) is 1. The van der Waals surface area contributed by atoms with Crippen LogP contribution in [0, 0.1) is 5.41 Å². The second-order valence-corrected chi connectivity index (χ2v) is 7.27. The molecule has 3 nitrogen and oxygen atoms in total. The van der Waals surface area contributed by atoms with E-state index in [2.05, 4.69) is 45.0 Å². The van der Waals surface area contributed by atoms with Crippen LogP contribution in [0.1, 0.15) is 53.4 Å². The lowest BCUT2D eigenvalue weighted by Gasteiger charge is -2.50. The molecule has 0 spiro atoms. The molecule has 4 atom stereocenters. The Balaban J connectivity index is 2.14. The fourth-order valence-corrected chi connectivity index (χ4v) is 3.86. The van der Waals surface area contributed by atoms with Gasteiger partial charge < -0.3 is 10.1 Å². The van der Waals surface area contributed by atoms with E-state index in [0.29, 0.717) is 29.6 Å². The largest absolute Gasteiger partial charge is 0.376 e. The molecular formula is C16H32N2O. The van der Waals surface area contributed by atoms with Gasteiger partial charge in [0.1, 0.15) is 0 Å². The molecule has 0 bridgehead atoms. The minimum absolute atomic E-state index is 0.380. The number of morpholine rings is 1. The van der Waals surface area contributed by atoms with Gasteiger partial charge in [0.05, 0.1) is 12.7 Å². The molecule has 0 aromatic rings. The molecule has 1 saturated carbocycles. The first-order valence-electron chi connectivity index (χ1n) is 8.01. The Morgan fingerprint density at radius 3 is 2.74 bits per heavy atom. The summed E-state index contributed by atoms with van der Waals surface area (Å²) < 4.78 is 5.86. The highest BCUT2D eigenvalue weighted by atomic mass is 16.5. The molecule has 1 aliphatic carbocycles. The highest BCUT2D eigenvalue weighted by Crippen LogP contribution is 2.39. The lowest BCUT2D eigenvalue weighted by molar-refractivity contribution is -0.0901. The monoisotopic (exact) mass is 268 g/mol. The summed E-state index contributed by atoms with van der Waals surface area (Å²) in [6, 6.07) is 1.92. The summed E-state index contributed by atoms with van der Waals surface area (Å²) in [4.78, 5) is 2.75. The lowest BCUT2D eigenvalue weighted by Crippen LogP contribution is -2.61. The van der Waals surface area contributed by atoms with Crippen LogP contribution in [0.3, 0.4) is 0 Å². The van der Waals surface area contributed by atoms with E-state index in [1.807, 2.05) is 0 Å². The lowest BCUT2D eigenvalue weighted by atomic mass is 9.72. The number of nitrogens with one attached hydrogen (secondary N) is 1. The van der Waals surface area contributed by atoms with Crippen molar-refractivity contribution in [1.29, 1.82) is 0 Å². The van der Waals surface area contributed by atoms with Crippen molar-refractivity contribution in [2.45, 2.75) is 77.6 Å². The zero-order valence-corrected chi connectivity index (χ0v) is 13.4. The van der Waals surface area contributed by atoms with Gasteiger partial charge in [-0.25, -0.2) is 0 Å². The van der Waals surface area contributed by atoms with Gasteiger partial charge >= 0.3 is 0 Å². The minimum atomic E-state index is 0.380. The molecular weight excluding hydrogens is 236 g/mol. The molecule has 1 heterocycles. The maximum Gasteiger partial charge on any atom is 0.0674 e. The second kappa shape index (κ2) is 6.11. The third-order valence-electron chi connectivity index (χ3n) is 5.14. The molecule has 2 rings (SSSR count). The standard InChI is InChI=1S/C16H32N2O/c1-6-13-11-19-12(2)10-18(13)15-9-16(3,4)8-7-14(15)17-5/h12-15,17H,6-11H2,1-5H3. The Kier molecular flexibility index (Phi) is 4.91. The highest BCUT2D eigenvalue weighted by Gasteiger charge is 2.41. The van der Waals surface area contributed by atoms with Crippen molar-refractivity contribution in [2.75, 3.05) is 20.2 Å². The summed E-state index contributed by atoms with van der Waals surface area (Å²) >= 11 is 0. The summed E-state index contributed by atoms with van der Waals surface area (Å²) in [6.07, 6.45) is 5.52. The molecule has 0 radical (unpaired) electrons. The van der Waals surface area contributed by atoms with E-state index in [9.17, 15) is 0 Å². The van der Waals surface area contributed by atoms with E-state index in [1.54, 1.807) is 0 Å². The average Bonchev–Trinajstić information content (AvgIpc) is 2.37. The molecule has 2 fully saturated rings. The van der Waals surface area contributed by atoms with Gasteiger partial charge in [-0.05, 0) is 45.1 Å². The van der Waals surface area contributed by atoms with Crippen molar-refractivity contribution in [3.63, 3.8) is 0 Å². The number of hydrogen-bond donors (Lipinski definition) is 1. The van der Waals surface area contributed by atoms with Crippen molar-refractivity contribution in [2.24, 2.45) is 5.41 Å². The fourth-order valence-electron chi connectivity index (χ4n) is 3.86. The first-order valence-corrected chi connectivity index (χ1v) is 8.01. The fraction of sp³-hybridized carbons (Fsp3) is 1.00. The van der Waals surface area contributed by atoms with Crippen molar-refractivity contribution < 1.29 is 4.74 Å². The summed E-state index contributed by atoms with van der Waals surface area (Å²) in [5.41, 5.74) is 0.484. The van der Waals surface area contributed by atoms with E-state index in [-0.39, 0.29) is 0 Å². The summed E-state index contributed by atoms with van der Waals surface area (Å²) in [5.74, 6) is 0. The van der Waals surface area contributed by atoms with Crippen LogP contribution in [0.4, 0.5) is 0 Å². The maximum absolute atomic E-state index is 5.86. The van der Waals surface area contributed by atoms with Crippen molar-refractivity contribution in [1.82, 2.24) is 10.2 Å². The molecule has 4 unspecified atom stereocenters. The first kappa shape index (κ1) is 15.3. The Labute approximate surface area is 119 Å². The van der Waals surface area contributed by atoms with E-state index in [1.165, 1.54) is 25.7 Å². The zero-order chi connectivity index (χ0) is 14.0. The number of nitrogens with zero attached hydrogens (tertiary/aromatic N) is 1. The average molecular weight is 268 g/mol. The number of rotatable bonds is 3. The first-order chi connectivity index (χ1) is 8.96. The van der Waals surface area contributed by atoms with Crippen LogP contribution < -0.4 is 5.32 Å². The zero-order valence-electron chi connectivity index (χ0n) is 13.4. The van der Waals surface area contributed by atoms with Crippen LogP contribution in [-0.4, -0.2) is 49.3 Å². The predicted octanol–water partition coefficient (Wildman–Crippen LogP) is 2.65. The van der Waals surface area contributed by atoms with Crippen LogP contribution in [0.25, 0.3) is 0 Å². The Bertz CT molecular complexity index is 292. The molecule has 112 valence electrons. The SMILES string of the molecule is CCC1COC(C)CN1C1CC(C)(C)CCC1NC. The molecule has 2 aliphatic rings. The molecule has 1 N–H and O–H groups in total. The Morgan fingerprint density at radius 1 is 1.37 bits per heavy atom. The maximum atomic E-state index is 5.86. The van der Waals surface area contributed by atoms with Crippen molar-refractivity contribution >= 4 is 0 Å². The number of hydrogen-bond acceptors (Lipinski definition) is 3. The molecule has 1 aliphatic heterocycles. The summed E-state index contributed by atoms with van der Waals surface area (Å²) in [7, 11) is 2.13. The van der Waals surface area contributed by atoms with E-state index >= 15 is 0 Å². The van der Waals surface area contributed by atoms with E-state index in [0.717, 1.165) is 13.2 Å².